The minimum absolute atomic E-state index is 0.500. The molecule has 0 aliphatic carbocycles. The monoisotopic (exact) mass is 382 g/mol. The maximum atomic E-state index is 13.1. The SMILES string of the molecule is C[C@@](CCNc1nccs1)(c1cccc(C(F)(F)F)c1)c1cccs1. The van der Waals surface area contributed by atoms with E-state index >= 15 is 0 Å². The number of thiophene rings is 1. The molecule has 132 valence electrons. The fourth-order valence-corrected chi connectivity index (χ4v) is 4.27. The number of hydrogen-bond donors (Lipinski definition) is 1. The molecule has 1 atom stereocenters. The van der Waals surface area contributed by atoms with Crippen LogP contribution in [-0.2, 0) is 11.6 Å². The van der Waals surface area contributed by atoms with Gasteiger partial charge < -0.3 is 5.32 Å². The zero-order valence-electron chi connectivity index (χ0n) is 13.5. The van der Waals surface area contributed by atoms with Gasteiger partial charge in [0.15, 0.2) is 5.13 Å². The number of hydrogen-bond acceptors (Lipinski definition) is 4. The Balaban J connectivity index is 1.89. The molecule has 0 unspecified atom stereocenters. The molecule has 0 aliphatic rings. The minimum Gasteiger partial charge on any atom is -0.361 e. The Morgan fingerprint density at radius 2 is 1.84 bits per heavy atom. The van der Waals surface area contributed by atoms with Crippen LogP contribution in [-0.4, -0.2) is 11.5 Å². The molecule has 3 rings (SSSR count). The Hall–Kier alpha value is -1.86. The van der Waals surface area contributed by atoms with Crippen molar-refractivity contribution >= 4 is 27.8 Å². The Bertz CT molecular complexity index is 798. The first-order chi connectivity index (χ1) is 11.9. The van der Waals surface area contributed by atoms with E-state index in [0.29, 0.717) is 18.5 Å². The second kappa shape index (κ2) is 7.17. The molecule has 2 heterocycles. The van der Waals surface area contributed by atoms with Gasteiger partial charge in [0.1, 0.15) is 0 Å². The topological polar surface area (TPSA) is 24.9 Å². The summed E-state index contributed by atoms with van der Waals surface area (Å²) in [5.41, 5.74) is -0.439. The summed E-state index contributed by atoms with van der Waals surface area (Å²) in [6.07, 6.45) is -1.96. The highest BCUT2D eigenvalue weighted by molar-refractivity contribution is 7.13. The van der Waals surface area contributed by atoms with Crippen LogP contribution >= 0.6 is 22.7 Å². The first-order valence-electron chi connectivity index (χ1n) is 7.75. The summed E-state index contributed by atoms with van der Waals surface area (Å²) < 4.78 is 39.4. The number of thiazole rings is 1. The van der Waals surface area contributed by atoms with E-state index in [2.05, 4.69) is 10.3 Å². The number of nitrogens with zero attached hydrogens (tertiary/aromatic N) is 1. The molecule has 0 fully saturated rings. The van der Waals surface area contributed by atoms with Crippen LogP contribution in [0.1, 0.15) is 29.3 Å². The van der Waals surface area contributed by atoms with Crippen molar-refractivity contribution in [1.82, 2.24) is 4.98 Å². The summed E-state index contributed by atoms with van der Waals surface area (Å²) in [6.45, 7) is 2.62. The van der Waals surface area contributed by atoms with Crippen molar-refractivity contribution in [3.63, 3.8) is 0 Å². The Labute approximate surface area is 152 Å². The van der Waals surface area contributed by atoms with E-state index in [-0.39, 0.29) is 0 Å². The van der Waals surface area contributed by atoms with Crippen LogP contribution in [0.2, 0.25) is 0 Å². The normalized spacial score (nSPS) is 14.2. The highest BCUT2D eigenvalue weighted by Crippen LogP contribution is 2.40. The smallest absolute Gasteiger partial charge is 0.361 e. The fraction of sp³-hybridized carbons (Fsp3) is 0.278. The minimum atomic E-state index is -4.34. The highest BCUT2D eigenvalue weighted by atomic mass is 32.1. The molecule has 0 aliphatic heterocycles. The molecule has 7 heteroatoms. The Morgan fingerprint density at radius 3 is 2.48 bits per heavy atom. The Morgan fingerprint density at radius 1 is 1.04 bits per heavy atom. The third-order valence-corrected chi connectivity index (χ3v) is 6.09. The van der Waals surface area contributed by atoms with Crippen LogP contribution in [0.15, 0.2) is 53.4 Å². The molecule has 1 aromatic carbocycles. The zero-order valence-corrected chi connectivity index (χ0v) is 15.1. The van der Waals surface area contributed by atoms with Gasteiger partial charge in [-0.25, -0.2) is 4.98 Å². The summed E-state index contributed by atoms with van der Waals surface area (Å²) in [5.74, 6) is 0. The zero-order chi connectivity index (χ0) is 17.9. The van der Waals surface area contributed by atoms with Crippen molar-refractivity contribution in [2.24, 2.45) is 0 Å². The largest absolute Gasteiger partial charge is 0.416 e. The average molecular weight is 382 g/mol. The molecule has 1 N–H and O–H groups in total. The van der Waals surface area contributed by atoms with Crippen LogP contribution in [0.4, 0.5) is 18.3 Å². The van der Waals surface area contributed by atoms with Gasteiger partial charge in [-0.1, -0.05) is 31.2 Å². The summed E-state index contributed by atoms with van der Waals surface area (Å²) in [6, 6.07) is 9.56. The van der Waals surface area contributed by atoms with Crippen molar-refractivity contribution in [3.05, 3.63) is 69.4 Å². The molecule has 0 saturated heterocycles. The van der Waals surface area contributed by atoms with Crippen LogP contribution in [0.3, 0.4) is 0 Å². The summed E-state index contributed by atoms with van der Waals surface area (Å²) in [4.78, 5) is 5.23. The number of aromatic nitrogens is 1. The van der Waals surface area contributed by atoms with Crippen LogP contribution in [0, 0.1) is 0 Å². The molecule has 25 heavy (non-hydrogen) atoms. The third-order valence-electron chi connectivity index (χ3n) is 4.23. The maximum absolute atomic E-state index is 13.1. The van der Waals surface area contributed by atoms with Crippen molar-refractivity contribution < 1.29 is 13.2 Å². The van der Waals surface area contributed by atoms with Gasteiger partial charge in [0.05, 0.1) is 5.56 Å². The summed E-state index contributed by atoms with van der Waals surface area (Å²) in [5, 5.41) is 7.90. The molecule has 3 aromatic rings. The predicted molar refractivity (Wildman–Crippen MR) is 97.4 cm³/mol. The van der Waals surface area contributed by atoms with E-state index < -0.39 is 17.2 Å². The molecular weight excluding hydrogens is 365 g/mol. The quantitative estimate of drug-likeness (QED) is 0.563. The molecule has 0 saturated carbocycles. The second-order valence-electron chi connectivity index (χ2n) is 5.90. The lowest BCUT2D eigenvalue weighted by Gasteiger charge is -2.30. The number of nitrogens with one attached hydrogen (secondary N) is 1. The van der Waals surface area contributed by atoms with E-state index in [9.17, 15) is 13.2 Å². The van der Waals surface area contributed by atoms with Gasteiger partial charge in [0.2, 0.25) is 0 Å². The molecule has 2 nitrogen and oxygen atoms in total. The van der Waals surface area contributed by atoms with E-state index in [1.165, 1.54) is 23.5 Å². The highest BCUT2D eigenvalue weighted by Gasteiger charge is 2.34. The van der Waals surface area contributed by atoms with E-state index in [0.717, 1.165) is 16.1 Å². The van der Waals surface area contributed by atoms with Crippen molar-refractivity contribution in [2.75, 3.05) is 11.9 Å². The number of anilines is 1. The first-order valence-corrected chi connectivity index (χ1v) is 9.50. The van der Waals surface area contributed by atoms with Crippen molar-refractivity contribution in [1.29, 1.82) is 0 Å². The van der Waals surface area contributed by atoms with Crippen LogP contribution in [0.5, 0.6) is 0 Å². The van der Waals surface area contributed by atoms with Gasteiger partial charge in [-0.3, -0.25) is 0 Å². The predicted octanol–water partition coefficient (Wildman–Crippen LogP) is 6.03. The lowest BCUT2D eigenvalue weighted by Crippen LogP contribution is -2.26. The lowest BCUT2D eigenvalue weighted by molar-refractivity contribution is -0.137. The van der Waals surface area contributed by atoms with Gasteiger partial charge in [0.25, 0.3) is 0 Å². The van der Waals surface area contributed by atoms with Gasteiger partial charge >= 0.3 is 6.18 Å². The average Bonchev–Trinajstić information content (AvgIpc) is 3.28. The van der Waals surface area contributed by atoms with Crippen molar-refractivity contribution in [2.45, 2.75) is 24.9 Å². The number of rotatable bonds is 6. The summed E-state index contributed by atoms with van der Waals surface area (Å²) >= 11 is 3.07. The van der Waals surface area contributed by atoms with Gasteiger partial charge in [-0.15, -0.1) is 22.7 Å². The first kappa shape index (κ1) is 17.9. The molecule has 0 spiro atoms. The van der Waals surface area contributed by atoms with Gasteiger partial charge in [0, 0.05) is 28.4 Å². The van der Waals surface area contributed by atoms with Crippen molar-refractivity contribution in [3.8, 4) is 0 Å². The Kier molecular flexibility index (Phi) is 5.15. The van der Waals surface area contributed by atoms with Gasteiger partial charge in [-0.2, -0.15) is 13.2 Å². The van der Waals surface area contributed by atoms with Crippen LogP contribution in [0.25, 0.3) is 0 Å². The van der Waals surface area contributed by atoms with E-state index in [1.807, 2.05) is 29.8 Å². The number of halogens is 3. The third kappa shape index (κ3) is 4.04. The van der Waals surface area contributed by atoms with Gasteiger partial charge in [-0.05, 0) is 29.5 Å². The molecule has 0 radical (unpaired) electrons. The number of benzene rings is 1. The lowest BCUT2D eigenvalue weighted by atomic mass is 9.77. The molecular formula is C18H17F3N2S2. The second-order valence-corrected chi connectivity index (χ2v) is 7.74. The van der Waals surface area contributed by atoms with E-state index in [1.54, 1.807) is 23.6 Å². The summed E-state index contributed by atoms with van der Waals surface area (Å²) in [7, 11) is 0. The maximum Gasteiger partial charge on any atom is 0.416 e. The van der Waals surface area contributed by atoms with Crippen LogP contribution < -0.4 is 5.32 Å². The fourth-order valence-electron chi connectivity index (χ4n) is 2.77. The number of alkyl halides is 3. The van der Waals surface area contributed by atoms with E-state index in [4.69, 9.17) is 0 Å². The standard InChI is InChI=1S/C18H17F3N2S2/c1-17(15-6-3-10-24-15,7-8-22-16-23-9-11-25-16)13-4-2-5-14(12-13)18(19,20)21/h2-6,9-12H,7-8H2,1H3,(H,22,23)/t17-/m1/s1. The molecule has 0 bridgehead atoms. The molecule has 0 amide bonds. The molecule has 2 aromatic heterocycles.